The molecular formula is C22H31N3O3. The van der Waals surface area contributed by atoms with Gasteiger partial charge in [-0.2, -0.15) is 0 Å². The third kappa shape index (κ3) is 5.81. The molecule has 0 aliphatic heterocycles. The van der Waals surface area contributed by atoms with Gasteiger partial charge in [0, 0.05) is 36.2 Å². The smallest absolute Gasteiger partial charge is 0.227 e. The third-order valence-electron chi connectivity index (χ3n) is 5.89. The van der Waals surface area contributed by atoms with Crippen molar-refractivity contribution in [2.45, 2.75) is 70.8 Å². The zero-order valence-electron chi connectivity index (χ0n) is 16.6. The van der Waals surface area contributed by atoms with Gasteiger partial charge in [0.05, 0.1) is 0 Å². The minimum atomic E-state index is -0.124. The van der Waals surface area contributed by atoms with E-state index in [4.69, 9.17) is 0 Å². The predicted molar refractivity (Wildman–Crippen MR) is 110 cm³/mol. The number of nitrogens with one attached hydrogen (secondary N) is 3. The van der Waals surface area contributed by atoms with Crippen LogP contribution in [-0.2, 0) is 14.4 Å². The van der Waals surface area contributed by atoms with Crippen molar-refractivity contribution in [2.75, 3.05) is 10.6 Å². The third-order valence-corrected chi connectivity index (χ3v) is 5.89. The van der Waals surface area contributed by atoms with Crippen LogP contribution in [0.25, 0.3) is 0 Å². The summed E-state index contributed by atoms with van der Waals surface area (Å²) in [4.78, 5) is 36.1. The first-order valence-electron chi connectivity index (χ1n) is 10.5. The molecule has 2 aliphatic carbocycles. The molecule has 2 aliphatic rings. The SMILES string of the molecule is CC(=O)Nc1ccc(NC(=O)C2CCC(C(=O)NC3CCCCC3)CC2)cc1. The maximum Gasteiger partial charge on any atom is 0.227 e. The average molecular weight is 386 g/mol. The van der Waals surface area contributed by atoms with Crippen LogP contribution in [0.2, 0.25) is 0 Å². The molecule has 3 amide bonds. The molecule has 0 atom stereocenters. The number of benzene rings is 1. The summed E-state index contributed by atoms with van der Waals surface area (Å²) in [5, 5.41) is 8.88. The van der Waals surface area contributed by atoms with E-state index in [-0.39, 0.29) is 29.6 Å². The highest BCUT2D eigenvalue weighted by atomic mass is 16.2. The van der Waals surface area contributed by atoms with Crippen LogP contribution in [0.5, 0.6) is 0 Å². The molecule has 3 N–H and O–H groups in total. The van der Waals surface area contributed by atoms with E-state index in [2.05, 4.69) is 16.0 Å². The van der Waals surface area contributed by atoms with Gasteiger partial charge in [-0.15, -0.1) is 0 Å². The highest BCUT2D eigenvalue weighted by Crippen LogP contribution is 2.30. The van der Waals surface area contributed by atoms with Crippen LogP contribution in [0.15, 0.2) is 24.3 Å². The molecule has 152 valence electrons. The number of amides is 3. The van der Waals surface area contributed by atoms with Crippen molar-refractivity contribution < 1.29 is 14.4 Å². The van der Waals surface area contributed by atoms with Crippen LogP contribution in [0.4, 0.5) is 11.4 Å². The Morgan fingerprint density at radius 3 is 1.75 bits per heavy atom. The maximum atomic E-state index is 12.5. The highest BCUT2D eigenvalue weighted by Gasteiger charge is 2.31. The second-order valence-corrected chi connectivity index (χ2v) is 8.14. The lowest BCUT2D eigenvalue weighted by Gasteiger charge is -2.29. The highest BCUT2D eigenvalue weighted by molar-refractivity contribution is 5.93. The number of hydrogen-bond donors (Lipinski definition) is 3. The molecule has 6 nitrogen and oxygen atoms in total. The maximum absolute atomic E-state index is 12.5. The second kappa shape index (κ2) is 9.71. The molecule has 1 aromatic rings. The molecule has 0 saturated heterocycles. The fraction of sp³-hybridized carbons (Fsp3) is 0.591. The fourth-order valence-electron chi connectivity index (χ4n) is 4.27. The molecule has 0 aromatic heterocycles. The first-order valence-corrected chi connectivity index (χ1v) is 10.5. The average Bonchev–Trinajstić information content (AvgIpc) is 2.70. The van der Waals surface area contributed by atoms with E-state index in [1.54, 1.807) is 24.3 Å². The Bertz CT molecular complexity index is 687. The lowest BCUT2D eigenvalue weighted by atomic mass is 9.80. The van der Waals surface area contributed by atoms with Crippen LogP contribution in [0.3, 0.4) is 0 Å². The van der Waals surface area contributed by atoms with E-state index >= 15 is 0 Å². The Labute approximate surface area is 166 Å². The Morgan fingerprint density at radius 1 is 0.714 bits per heavy atom. The fourth-order valence-corrected chi connectivity index (χ4v) is 4.27. The van der Waals surface area contributed by atoms with Crippen LogP contribution in [-0.4, -0.2) is 23.8 Å². The van der Waals surface area contributed by atoms with Gasteiger partial charge in [-0.1, -0.05) is 19.3 Å². The summed E-state index contributed by atoms with van der Waals surface area (Å²) in [6.45, 7) is 1.46. The lowest BCUT2D eigenvalue weighted by molar-refractivity contribution is -0.129. The van der Waals surface area contributed by atoms with Crippen molar-refractivity contribution in [1.29, 1.82) is 0 Å². The Morgan fingerprint density at radius 2 is 1.21 bits per heavy atom. The monoisotopic (exact) mass is 385 g/mol. The number of carbonyl (C=O) groups excluding carboxylic acids is 3. The van der Waals surface area contributed by atoms with E-state index in [0.717, 1.165) is 44.2 Å². The molecule has 0 spiro atoms. The van der Waals surface area contributed by atoms with Crippen LogP contribution >= 0.6 is 0 Å². The molecule has 1 aromatic carbocycles. The summed E-state index contributed by atoms with van der Waals surface area (Å²) in [5.74, 6) is 0.0653. The van der Waals surface area contributed by atoms with Crippen LogP contribution < -0.4 is 16.0 Å². The molecular weight excluding hydrogens is 354 g/mol. The van der Waals surface area contributed by atoms with Gasteiger partial charge < -0.3 is 16.0 Å². The molecule has 0 heterocycles. The van der Waals surface area contributed by atoms with Crippen molar-refractivity contribution in [3.8, 4) is 0 Å². The summed E-state index contributed by atoms with van der Waals surface area (Å²) in [5.41, 5.74) is 1.42. The Balaban J connectivity index is 1.43. The quantitative estimate of drug-likeness (QED) is 0.720. The van der Waals surface area contributed by atoms with Crippen molar-refractivity contribution in [1.82, 2.24) is 5.32 Å². The zero-order chi connectivity index (χ0) is 19.9. The summed E-state index contributed by atoms with van der Waals surface area (Å²) >= 11 is 0. The topological polar surface area (TPSA) is 87.3 Å². The normalized spacial score (nSPS) is 22.9. The van der Waals surface area contributed by atoms with Gasteiger partial charge in [0.1, 0.15) is 0 Å². The minimum absolute atomic E-state index is 0.0124. The Kier molecular flexibility index (Phi) is 7.06. The van der Waals surface area contributed by atoms with E-state index in [1.165, 1.54) is 26.2 Å². The van der Waals surface area contributed by atoms with Gasteiger partial charge in [0.15, 0.2) is 0 Å². The van der Waals surface area contributed by atoms with Crippen molar-refractivity contribution in [2.24, 2.45) is 11.8 Å². The lowest BCUT2D eigenvalue weighted by Crippen LogP contribution is -2.41. The van der Waals surface area contributed by atoms with Crippen LogP contribution in [0, 0.1) is 11.8 Å². The molecule has 0 radical (unpaired) electrons. The number of anilines is 2. The van der Waals surface area contributed by atoms with Gasteiger partial charge in [0.25, 0.3) is 0 Å². The Hall–Kier alpha value is -2.37. The molecule has 3 rings (SSSR count). The first-order chi connectivity index (χ1) is 13.5. The summed E-state index contributed by atoms with van der Waals surface area (Å²) in [6, 6.07) is 7.45. The van der Waals surface area contributed by atoms with E-state index in [1.807, 2.05) is 0 Å². The van der Waals surface area contributed by atoms with Gasteiger partial charge >= 0.3 is 0 Å². The second-order valence-electron chi connectivity index (χ2n) is 8.14. The van der Waals surface area contributed by atoms with E-state index < -0.39 is 0 Å². The molecule has 0 bridgehead atoms. The summed E-state index contributed by atoms with van der Waals surface area (Å²) < 4.78 is 0. The van der Waals surface area contributed by atoms with E-state index in [9.17, 15) is 14.4 Å². The van der Waals surface area contributed by atoms with Gasteiger partial charge in [-0.3, -0.25) is 14.4 Å². The summed E-state index contributed by atoms with van der Waals surface area (Å²) in [6.07, 6.45) is 8.96. The number of hydrogen-bond acceptors (Lipinski definition) is 3. The molecule has 2 saturated carbocycles. The van der Waals surface area contributed by atoms with Gasteiger partial charge in [0.2, 0.25) is 17.7 Å². The predicted octanol–water partition coefficient (Wildman–Crippen LogP) is 3.84. The first kappa shape index (κ1) is 20.4. The molecule has 28 heavy (non-hydrogen) atoms. The number of rotatable bonds is 5. The number of carbonyl (C=O) groups is 3. The molecule has 0 unspecified atom stereocenters. The van der Waals surface area contributed by atoms with Crippen molar-refractivity contribution >= 4 is 29.1 Å². The van der Waals surface area contributed by atoms with Crippen LogP contribution in [0.1, 0.15) is 64.7 Å². The largest absolute Gasteiger partial charge is 0.353 e. The standard InChI is InChI=1S/C22H31N3O3/c1-15(26)23-19-11-13-20(14-12-19)25-22(28)17-9-7-16(8-10-17)21(27)24-18-5-3-2-4-6-18/h11-14,16-18H,2-10H2,1H3,(H,23,26)(H,24,27)(H,25,28). The van der Waals surface area contributed by atoms with Gasteiger partial charge in [-0.25, -0.2) is 0 Å². The molecule has 6 heteroatoms. The van der Waals surface area contributed by atoms with E-state index in [0.29, 0.717) is 11.7 Å². The minimum Gasteiger partial charge on any atom is -0.353 e. The zero-order valence-corrected chi connectivity index (χ0v) is 16.6. The van der Waals surface area contributed by atoms with Crippen molar-refractivity contribution in [3.63, 3.8) is 0 Å². The van der Waals surface area contributed by atoms with Gasteiger partial charge in [-0.05, 0) is 62.8 Å². The summed E-state index contributed by atoms with van der Waals surface area (Å²) in [7, 11) is 0. The van der Waals surface area contributed by atoms with Crippen molar-refractivity contribution in [3.05, 3.63) is 24.3 Å². The molecule has 2 fully saturated rings.